The number of ether oxygens (including phenoxy) is 1. The largest absolute Gasteiger partial charge is 0.467 e. The van der Waals surface area contributed by atoms with Crippen molar-refractivity contribution in [2.75, 3.05) is 7.11 Å². The number of methoxy groups -OCH3 is 1. The Hall–Kier alpha value is -2.73. The Kier molecular flexibility index (Phi) is 5.37. The third-order valence-corrected chi connectivity index (χ3v) is 6.18. The molecule has 0 radical (unpaired) electrons. The number of amides is 1. The second kappa shape index (κ2) is 7.95. The first-order valence-corrected chi connectivity index (χ1v) is 9.96. The molecule has 3 unspecified atom stereocenters. The molecule has 4 rings (SSSR count). The number of carbonyl (C=O) groups excluding carboxylic acids is 2. The van der Waals surface area contributed by atoms with Crippen LogP contribution in [0.1, 0.15) is 30.4 Å². The van der Waals surface area contributed by atoms with Gasteiger partial charge in [0, 0.05) is 31.5 Å². The van der Waals surface area contributed by atoms with E-state index in [-0.39, 0.29) is 24.4 Å². The Morgan fingerprint density at radius 2 is 1.90 bits per heavy atom. The van der Waals surface area contributed by atoms with Crippen molar-refractivity contribution in [3.63, 3.8) is 0 Å². The average molecular weight is 396 g/mol. The molecule has 2 bridgehead atoms. The van der Waals surface area contributed by atoms with E-state index in [4.69, 9.17) is 4.74 Å². The number of hydrogen-bond donors (Lipinski definition) is 1. The van der Waals surface area contributed by atoms with E-state index < -0.39 is 17.3 Å². The molecule has 0 aliphatic carbocycles. The van der Waals surface area contributed by atoms with Gasteiger partial charge in [-0.15, -0.1) is 0 Å². The number of rotatable bonds is 5. The molecule has 2 aromatic carbocycles. The van der Waals surface area contributed by atoms with Gasteiger partial charge in [0.15, 0.2) is 5.54 Å². The van der Waals surface area contributed by atoms with Gasteiger partial charge in [-0.1, -0.05) is 48.5 Å². The van der Waals surface area contributed by atoms with E-state index in [0.717, 1.165) is 18.4 Å². The molecule has 6 heteroatoms. The third kappa shape index (κ3) is 3.65. The Labute approximate surface area is 169 Å². The molecule has 1 amide bonds. The van der Waals surface area contributed by atoms with E-state index in [9.17, 15) is 14.0 Å². The summed E-state index contributed by atoms with van der Waals surface area (Å²) < 4.78 is 19.6. The van der Waals surface area contributed by atoms with Gasteiger partial charge in [0.2, 0.25) is 5.91 Å². The quantitative estimate of drug-likeness (QED) is 0.790. The highest BCUT2D eigenvalue weighted by molar-refractivity contribution is 5.90. The molecular weight excluding hydrogens is 371 g/mol. The minimum Gasteiger partial charge on any atom is -0.467 e. The maximum absolute atomic E-state index is 14.5. The summed E-state index contributed by atoms with van der Waals surface area (Å²) in [5.74, 6) is -1.12. The topological polar surface area (TPSA) is 58.6 Å². The summed E-state index contributed by atoms with van der Waals surface area (Å²) in [6.45, 7) is 0.626. The minimum atomic E-state index is -1.33. The molecule has 2 aromatic rings. The molecule has 2 saturated heterocycles. The summed E-state index contributed by atoms with van der Waals surface area (Å²) in [7, 11) is 1.32. The molecule has 2 fully saturated rings. The molecule has 0 aromatic heterocycles. The zero-order valence-electron chi connectivity index (χ0n) is 16.4. The first kappa shape index (κ1) is 19.6. The van der Waals surface area contributed by atoms with Crippen LogP contribution in [0.5, 0.6) is 0 Å². The van der Waals surface area contributed by atoms with Crippen LogP contribution in [0.3, 0.4) is 0 Å². The summed E-state index contributed by atoms with van der Waals surface area (Å²) in [6.07, 6.45) is 1.93. The highest BCUT2D eigenvalue weighted by Gasteiger charge is 2.56. The van der Waals surface area contributed by atoms with Gasteiger partial charge in [0.1, 0.15) is 5.82 Å². The molecule has 0 spiro atoms. The maximum atomic E-state index is 14.5. The van der Waals surface area contributed by atoms with Gasteiger partial charge in [-0.3, -0.25) is 9.69 Å². The Balaban J connectivity index is 1.76. The van der Waals surface area contributed by atoms with E-state index in [1.54, 1.807) is 18.2 Å². The molecule has 0 saturated carbocycles. The number of halogens is 1. The number of nitrogens with one attached hydrogen (secondary N) is 1. The predicted octanol–water partition coefficient (Wildman–Crippen LogP) is 2.83. The molecule has 2 aliphatic heterocycles. The molecule has 2 aliphatic rings. The zero-order valence-corrected chi connectivity index (χ0v) is 16.4. The number of esters is 1. The molecule has 1 N–H and O–H groups in total. The SMILES string of the molecule is COC(=O)C1(Cc2ccccc2F)NC(=O)CC2CCC1N2Cc1ccccc1. The van der Waals surface area contributed by atoms with Gasteiger partial charge in [0.25, 0.3) is 0 Å². The number of carbonyl (C=O) groups is 2. The second-order valence-corrected chi connectivity index (χ2v) is 7.89. The maximum Gasteiger partial charge on any atom is 0.333 e. The van der Waals surface area contributed by atoms with Crippen molar-refractivity contribution < 1.29 is 18.7 Å². The van der Waals surface area contributed by atoms with Crippen molar-refractivity contribution in [1.82, 2.24) is 10.2 Å². The van der Waals surface area contributed by atoms with Crippen LogP contribution in [0.15, 0.2) is 54.6 Å². The van der Waals surface area contributed by atoms with Gasteiger partial charge in [-0.2, -0.15) is 0 Å². The lowest BCUT2D eigenvalue weighted by Gasteiger charge is -2.40. The first-order valence-electron chi connectivity index (χ1n) is 9.96. The van der Waals surface area contributed by atoms with Crippen molar-refractivity contribution in [1.29, 1.82) is 0 Å². The van der Waals surface area contributed by atoms with Crippen LogP contribution >= 0.6 is 0 Å². The van der Waals surface area contributed by atoms with Gasteiger partial charge >= 0.3 is 5.97 Å². The van der Waals surface area contributed by atoms with Crippen molar-refractivity contribution in [2.45, 2.75) is 49.9 Å². The van der Waals surface area contributed by atoms with Crippen LogP contribution in [-0.4, -0.2) is 41.5 Å². The monoisotopic (exact) mass is 396 g/mol. The Bertz CT molecular complexity index is 904. The van der Waals surface area contributed by atoms with Gasteiger partial charge in [0.05, 0.1) is 7.11 Å². The Morgan fingerprint density at radius 1 is 1.17 bits per heavy atom. The second-order valence-electron chi connectivity index (χ2n) is 7.89. The van der Waals surface area contributed by atoms with Crippen LogP contribution < -0.4 is 5.32 Å². The first-order chi connectivity index (χ1) is 14.0. The van der Waals surface area contributed by atoms with Crippen LogP contribution in [-0.2, 0) is 27.3 Å². The fourth-order valence-electron chi connectivity index (χ4n) is 4.86. The molecule has 152 valence electrons. The summed E-state index contributed by atoms with van der Waals surface area (Å²) in [5, 5.41) is 2.94. The molecular formula is C23H25FN2O3. The van der Waals surface area contributed by atoms with E-state index in [2.05, 4.69) is 10.2 Å². The average Bonchev–Trinajstić information content (AvgIpc) is 3.06. The van der Waals surface area contributed by atoms with Crippen molar-refractivity contribution in [3.8, 4) is 0 Å². The van der Waals surface area contributed by atoms with E-state index in [0.29, 0.717) is 18.5 Å². The van der Waals surface area contributed by atoms with E-state index in [1.165, 1.54) is 13.2 Å². The lowest BCUT2D eigenvalue weighted by atomic mass is 9.81. The smallest absolute Gasteiger partial charge is 0.333 e. The number of benzene rings is 2. The predicted molar refractivity (Wildman–Crippen MR) is 106 cm³/mol. The third-order valence-electron chi connectivity index (χ3n) is 6.18. The highest BCUT2D eigenvalue weighted by Crippen LogP contribution is 2.39. The summed E-state index contributed by atoms with van der Waals surface area (Å²) >= 11 is 0. The van der Waals surface area contributed by atoms with Crippen LogP contribution in [0, 0.1) is 5.82 Å². The molecule has 29 heavy (non-hydrogen) atoms. The van der Waals surface area contributed by atoms with Crippen LogP contribution in [0.2, 0.25) is 0 Å². The van der Waals surface area contributed by atoms with Gasteiger partial charge in [-0.25, -0.2) is 9.18 Å². The molecule has 3 atom stereocenters. The van der Waals surface area contributed by atoms with E-state index in [1.807, 2.05) is 30.3 Å². The summed E-state index contributed by atoms with van der Waals surface area (Å²) in [4.78, 5) is 28.1. The van der Waals surface area contributed by atoms with Crippen LogP contribution in [0.25, 0.3) is 0 Å². The fraction of sp³-hybridized carbons (Fsp3) is 0.391. The number of nitrogens with zero attached hydrogens (tertiary/aromatic N) is 1. The van der Waals surface area contributed by atoms with Gasteiger partial charge < -0.3 is 10.1 Å². The molecule has 5 nitrogen and oxygen atoms in total. The van der Waals surface area contributed by atoms with Gasteiger partial charge in [-0.05, 0) is 30.0 Å². The van der Waals surface area contributed by atoms with Crippen LogP contribution in [0.4, 0.5) is 4.39 Å². The number of fused-ring (bicyclic) bond motifs is 2. The summed E-state index contributed by atoms with van der Waals surface area (Å²) in [5.41, 5.74) is 0.181. The lowest BCUT2D eigenvalue weighted by molar-refractivity contribution is -0.153. The zero-order chi connectivity index (χ0) is 20.4. The van der Waals surface area contributed by atoms with E-state index >= 15 is 0 Å². The molecule has 2 heterocycles. The van der Waals surface area contributed by atoms with Crippen molar-refractivity contribution in [2.24, 2.45) is 0 Å². The Morgan fingerprint density at radius 3 is 2.62 bits per heavy atom. The van der Waals surface area contributed by atoms with Crippen molar-refractivity contribution in [3.05, 3.63) is 71.5 Å². The fourth-order valence-corrected chi connectivity index (χ4v) is 4.86. The minimum absolute atomic E-state index is 0.0485. The standard InChI is InChI=1S/C23H25FN2O3/c1-29-22(28)23(14-17-9-5-6-10-19(17)24)20-12-11-18(13-21(27)25-23)26(20)15-16-7-3-2-4-8-16/h2-10,18,20H,11-15H2,1H3,(H,25,27). The summed E-state index contributed by atoms with van der Waals surface area (Å²) in [6, 6.07) is 16.2. The number of hydrogen-bond acceptors (Lipinski definition) is 4. The van der Waals surface area contributed by atoms with Crippen molar-refractivity contribution >= 4 is 11.9 Å². The lowest BCUT2D eigenvalue weighted by Crippen LogP contribution is -2.65. The highest BCUT2D eigenvalue weighted by atomic mass is 19.1. The normalized spacial score (nSPS) is 26.6.